The fourth-order valence-corrected chi connectivity index (χ4v) is 1.67. The Morgan fingerprint density at radius 2 is 1.78 bits per heavy atom. The Morgan fingerprint density at radius 1 is 1.22 bits per heavy atom. The van der Waals surface area contributed by atoms with E-state index >= 15 is 0 Å². The Bertz CT molecular complexity index is 411. The van der Waals surface area contributed by atoms with E-state index in [1.807, 2.05) is 27.7 Å². The molecule has 100 valence electrons. The van der Waals surface area contributed by atoms with E-state index in [0.29, 0.717) is 0 Å². The van der Waals surface area contributed by atoms with Gasteiger partial charge in [0.1, 0.15) is 0 Å². The summed E-state index contributed by atoms with van der Waals surface area (Å²) in [4.78, 5) is 0. The molecular formula is C15H22O2W. The van der Waals surface area contributed by atoms with Crippen molar-refractivity contribution in [1.82, 2.24) is 0 Å². The van der Waals surface area contributed by atoms with Crippen molar-refractivity contribution in [3.63, 3.8) is 0 Å². The van der Waals surface area contributed by atoms with E-state index in [9.17, 15) is 0 Å². The molecule has 1 aromatic carbocycles. The summed E-state index contributed by atoms with van der Waals surface area (Å²) in [6.07, 6.45) is 0.852. The predicted molar refractivity (Wildman–Crippen MR) is 70.7 cm³/mol. The number of hydrogen-bond acceptors (Lipinski definition) is 2. The first kappa shape index (κ1) is 17.5. The van der Waals surface area contributed by atoms with Gasteiger partial charge in [-0.3, -0.25) is 0 Å². The molecule has 0 heterocycles. The second-order valence-electron chi connectivity index (χ2n) is 4.77. The van der Waals surface area contributed by atoms with Crippen LogP contribution < -0.4 is 9.47 Å². The summed E-state index contributed by atoms with van der Waals surface area (Å²) in [5.74, 6) is 1.66. The summed E-state index contributed by atoms with van der Waals surface area (Å²) < 4.78 is 11.3. The van der Waals surface area contributed by atoms with Crippen LogP contribution >= 0.6 is 0 Å². The molecule has 1 unspecified atom stereocenters. The van der Waals surface area contributed by atoms with Crippen LogP contribution in [0.2, 0.25) is 0 Å². The van der Waals surface area contributed by atoms with Crippen LogP contribution in [-0.4, -0.2) is 12.7 Å². The predicted octanol–water partition coefficient (Wildman–Crippen LogP) is 3.80. The van der Waals surface area contributed by atoms with Crippen LogP contribution in [0.4, 0.5) is 0 Å². The van der Waals surface area contributed by atoms with E-state index in [0.717, 1.165) is 34.6 Å². The average molecular weight is 418 g/mol. The molecule has 0 aliphatic carbocycles. The minimum absolute atomic E-state index is 0. The van der Waals surface area contributed by atoms with Crippen LogP contribution in [-0.2, 0) is 21.1 Å². The number of benzene rings is 1. The summed E-state index contributed by atoms with van der Waals surface area (Å²) in [7, 11) is 1.68. The van der Waals surface area contributed by atoms with Gasteiger partial charge in [-0.2, -0.15) is 0 Å². The Labute approximate surface area is 125 Å². The van der Waals surface area contributed by atoms with Crippen molar-refractivity contribution in [2.45, 2.75) is 46.6 Å². The number of methoxy groups -OCH3 is 1. The van der Waals surface area contributed by atoms with Crippen molar-refractivity contribution in [2.75, 3.05) is 7.11 Å². The number of aryl methyl sites for hydroxylation is 1. The maximum atomic E-state index is 5.92. The van der Waals surface area contributed by atoms with Gasteiger partial charge in [0.15, 0.2) is 0 Å². The van der Waals surface area contributed by atoms with E-state index in [1.165, 1.54) is 0 Å². The zero-order valence-electron chi connectivity index (χ0n) is 12.1. The van der Waals surface area contributed by atoms with E-state index in [2.05, 4.69) is 19.9 Å². The fraction of sp³-hybridized carbons (Fsp3) is 0.533. The van der Waals surface area contributed by atoms with Crippen LogP contribution in [0.5, 0.6) is 11.5 Å². The molecule has 0 aliphatic heterocycles. The monoisotopic (exact) mass is 418 g/mol. The Kier molecular flexibility index (Phi) is 6.43. The van der Waals surface area contributed by atoms with Gasteiger partial charge in [-0.1, -0.05) is 34.6 Å². The van der Waals surface area contributed by atoms with E-state index in [1.54, 1.807) is 7.11 Å². The number of hydrogen-bond donors (Lipinski definition) is 0. The number of ether oxygens (including phenoxy) is 2. The molecule has 0 radical (unpaired) electrons. The second kappa shape index (κ2) is 6.61. The molecule has 0 N–H and O–H groups in total. The molecule has 1 rings (SSSR count). The van der Waals surface area contributed by atoms with Crippen LogP contribution in [0.25, 0.3) is 0 Å². The first-order valence-corrected chi connectivity index (χ1v) is 5.93. The molecule has 0 fully saturated rings. The first-order valence-electron chi connectivity index (χ1n) is 5.93. The largest absolute Gasteiger partial charge is 2.00 e. The average Bonchev–Trinajstić information content (AvgIpc) is 2.26. The van der Waals surface area contributed by atoms with Gasteiger partial charge >= 0.3 is 21.1 Å². The maximum Gasteiger partial charge on any atom is 2.00 e. The van der Waals surface area contributed by atoms with Crippen molar-refractivity contribution in [2.24, 2.45) is 0 Å². The summed E-state index contributed by atoms with van der Waals surface area (Å²) >= 11 is 0. The van der Waals surface area contributed by atoms with Gasteiger partial charge in [0, 0.05) is 11.5 Å². The van der Waals surface area contributed by atoms with Gasteiger partial charge in [-0.05, 0) is 12.0 Å². The van der Waals surface area contributed by atoms with Crippen molar-refractivity contribution < 1.29 is 30.5 Å². The molecule has 0 saturated carbocycles. The van der Waals surface area contributed by atoms with Crippen LogP contribution in [0.3, 0.4) is 0 Å². The molecule has 0 saturated heterocycles. The minimum atomic E-state index is -0.408. The third-order valence-electron chi connectivity index (χ3n) is 3.19. The van der Waals surface area contributed by atoms with E-state index in [4.69, 9.17) is 9.47 Å². The van der Waals surface area contributed by atoms with Crippen LogP contribution in [0.1, 0.15) is 37.0 Å². The van der Waals surface area contributed by atoms with Gasteiger partial charge < -0.3 is 16.4 Å². The third kappa shape index (κ3) is 3.75. The molecule has 1 atom stereocenters. The summed E-state index contributed by atoms with van der Waals surface area (Å²) in [6, 6.07) is 3.24. The van der Waals surface area contributed by atoms with Gasteiger partial charge in [-0.25, -0.2) is 0 Å². The molecule has 18 heavy (non-hydrogen) atoms. The van der Waals surface area contributed by atoms with Crippen molar-refractivity contribution >= 4 is 0 Å². The van der Waals surface area contributed by atoms with Gasteiger partial charge in [-0.15, -0.1) is 22.8 Å². The molecule has 2 nitrogen and oxygen atoms in total. The van der Waals surface area contributed by atoms with Crippen LogP contribution in [0, 0.1) is 33.8 Å². The topological polar surface area (TPSA) is 18.5 Å². The molecular weight excluding hydrogens is 396 g/mol. The number of rotatable bonds is 4. The quantitative estimate of drug-likeness (QED) is 0.693. The summed E-state index contributed by atoms with van der Waals surface area (Å²) in [5, 5.41) is 0. The van der Waals surface area contributed by atoms with Crippen molar-refractivity contribution in [3.05, 3.63) is 29.7 Å². The zero-order chi connectivity index (χ0) is 13.2. The van der Waals surface area contributed by atoms with Crippen molar-refractivity contribution in [3.8, 4) is 11.5 Å². The van der Waals surface area contributed by atoms with Gasteiger partial charge in [0.2, 0.25) is 0 Å². The molecule has 0 amide bonds. The molecule has 0 aliphatic rings. The van der Waals surface area contributed by atoms with E-state index in [-0.39, 0.29) is 21.1 Å². The molecule has 0 aromatic heterocycles. The maximum absolute atomic E-state index is 5.92. The Balaban J connectivity index is 0.00000289. The minimum Gasteiger partial charge on any atom is -0.554 e. The zero-order valence-corrected chi connectivity index (χ0v) is 15.1. The van der Waals surface area contributed by atoms with Crippen molar-refractivity contribution in [1.29, 1.82) is 0 Å². The second-order valence-corrected chi connectivity index (χ2v) is 4.77. The molecule has 0 spiro atoms. The summed E-state index contributed by atoms with van der Waals surface area (Å²) in [6.45, 7) is 14.1. The first-order chi connectivity index (χ1) is 7.82. The third-order valence-corrected chi connectivity index (χ3v) is 3.19. The van der Waals surface area contributed by atoms with Crippen LogP contribution in [0.15, 0.2) is 0 Å². The normalized spacial score (nSPS) is 13.5. The molecule has 0 bridgehead atoms. The molecule has 1 aromatic rings. The SMILES string of the molecule is [CH2-]C(C)(CC)Oc1[c-]c(C)c(OC)c(C)c1C.[W+2]. The van der Waals surface area contributed by atoms with E-state index < -0.39 is 5.60 Å². The Morgan fingerprint density at radius 3 is 2.22 bits per heavy atom. The standard InChI is InChI=1S/C15H22O2.W/c1-8-15(5,6)17-13-9-10(2)14(16-7)12(4)11(13)3;/h5,8H2,1-4,6-7H3;/q-2;+2. The fourth-order valence-electron chi connectivity index (χ4n) is 1.67. The smallest absolute Gasteiger partial charge is 0.554 e. The van der Waals surface area contributed by atoms with Gasteiger partial charge in [0.05, 0.1) is 7.11 Å². The Hall–Kier alpha value is -0.492. The summed E-state index contributed by atoms with van der Waals surface area (Å²) in [5.41, 5.74) is 2.73. The molecule has 3 heteroatoms. The van der Waals surface area contributed by atoms with Gasteiger partial charge in [0.25, 0.3) is 0 Å².